The molecule has 1 fully saturated rings. The highest BCUT2D eigenvalue weighted by molar-refractivity contribution is 5.64. The van der Waals surface area contributed by atoms with Gasteiger partial charge in [0.15, 0.2) is 0 Å². The number of amides is 1. The lowest BCUT2D eigenvalue weighted by molar-refractivity contribution is 0.109. The predicted molar refractivity (Wildman–Crippen MR) is 45.8 cm³/mol. The van der Waals surface area contributed by atoms with Gasteiger partial charge in [0.2, 0.25) is 0 Å². The van der Waals surface area contributed by atoms with Gasteiger partial charge in [-0.1, -0.05) is 6.92 Å². The molecule has 0 saturated carbocycles. The molecule has 1 aliphatic rings. The summed E-state index contributed by atoms with van der Waals surface area (Å²) in [6, 6.07) is 0. The van der Waals surface area contributed by atoms with Crippen molar-refractivity contribution in [1.29, 1.82) is 0 Å². The maximum absolute atomic E-state index is 10.4. The second-order valence-electron chi connectivity index (χ2n) is 3.15. The van der Waals surface area contributed by atoms with E-state index in [4.69, 9.17) is 10.5 Å². The van der Waals surface area contributed by atoms with Crippen LogP contribution in [0.15, 0.2) is 0 Å². The number of primary amides is 1. The molecule has 0 bridgehead atoms. The van der Waals surface area contributed by atoms with Crippen LogP contribution in [-0.4, -0.2) is 36.7 Å². The van der Waals surface area contributed by atoms with E-state index >= 15 is 0 Å². The average Bonchev–Trinajstić information content (AvgIpc) is 2.36. The van der Waals surface area contributed by atoms with Crippen molar-refractivity contribution in [2.75, 3.05) is 19.6 Å². The van der Waals surface area contributed by atoms with Gasteiger partial charge in [0.05, 0.1) is 0 Å². The monoisotopic (exact) mass is 172 g/mol. The molecule has 0 aromatic rings. The average molecular weight is 172 g/mol. The first-order chi connectivity index (χ1) is 5.72. The number of rotatable bonds is 3. The number of nitrogens with two attached hydrogens (primary N) is 1. The lowest BCUT2D eigenvalue weighted by atomic mass is 10.3. The SMILES string of the molecule is CCCN1CCC(OC(N)=O)C1. The van der Waals surface area contributed by atoms with Crippen LogP contribution in [0.3, 0.4) is 0 Å². The first-order valence-corrected chi connectivity index (χ1v) is 4.40. The van der Waals surface area contributed by atoms with E-state index in [1.807, 2.05) is 0 Å². The van der Waals surface area contributed by atoms with Crippen molar-refractivity contribution < 1.29 is 9.53 Å². The van der Waals surface area contributed by atoms with Crippen molar-refractivity contribution in [2.45, 2.75) is 25.9 Å². The van der Waals surface area contributed by atoms with E-state index in [0.29, 0.717) is 0 Å². The molecule has 4 heteroatoms. The highest BCUT2D eigenvalue weighted by Crippen LogP contribution is 2.12. The highest BCUT2D eigenvalue weighted by Gasteiger charge is 2.23. The van der Waals surface area contributed by atoms with Gasteiger partial charge >= 0.3 is 6.09 Å². The molecule has 12 heavy (non-hydrogen) atoms. The second kappa shape index (κ2) is 4.30. The Labute approximate surface area is 72.7 Å². The summed E-state index contributed by atoms with van der Waals surface area (Å²) < 4.78 is 4.88. The molecule has 2 N–H and O–H groups in total. The summed E-state index contributed by atoms with van der Waals surface area (Å²) in [6.07, 6.45) is 1.43. The standard InChI is InChI=1S/C8H16N2O2/c1-2-4-10-5-3-7(6-10)12-8(9)11/h7H,2-6H2,1H3,(H2,9,11). The summed E-state index contributed by atoms with van der Waals surface area (Å²) >= 11 is 0. The molecule has 0 aromatic carbocycles. The lowest BCUT2D eigenvalue weighted by Gasteiger charge is -2.13. The molecule has 0 spiro atoms. The maximum Gasteiger partial charge on any atom is 0.404 e. The highest BCUT2D eigenvalue weighted by atomic mass is 16.6. The van der Waals surface area contributed by atoms with Gasteiger partial charge < -0.3 is 10.5 Å². The van der Waals surface area contributed by atoms with Crippen molar-refractivity contribution >= 4 is 6.09 Å². The van der Waals surface area contributed by atoms with Gasteiger partial charge in [0, 0.05) is 13.1 Å². The van der Waals surface area contributed by atoms with Crippen molar-refractivity contribution in [2.24, 2.45) is 5.73 Å². The van der Waals surface area contributed by atoms with Crippen molar-refractivity contribution in [3.05, 3.63) is 0 Å². The minimum absolute atomic E-state index is 0.0223. The summed E-state index contributed by atoms with van der Waals surface area (Å²) in [5, 5.41) is 0. The molecule has 1 amide bonds. The van der Waals surface area contributed by atoms with Crippen LogP contribution in [0.1, 0.15) is 19.8 Å². The summed E-state index contributed by atoms with van der Waals surface area (Å²) in [6.45, 7) is 5.09. The first kappa shape index (κ1) is 9.32. The maximum atomic E-state index is 10.4. The third kappa shape index (κ3) is 2.70. The van der Waals surface area contributed by atoms with Crippen LogP contribution in [0, 0.1) is 0 Å². The molecule has 1 saturated heterocycles. The van der Waals surface area contributed by atoms with Crippen LogP contribution in [-0.2, 0) is 4.74 Å². The van der Waals surface area contributed by atoms with Gasteiger partial charge in [-0.25, -0.2) is 4.79 Å². The summed E-state index contributed by atoms with van der Waals surface area (Å²) in [5.41, 5.74) is 4.91. The summed E-state index contributed by atoms with van der Waals surface area (Å²) in [7, 11) is 0. The van der Waals surface area contributed by atoms with Crippen LogP contribution in [0.25, 0.3) is 0 Å². The van der Waals surface area contributed by atoms with Crippen molar-refractivity contribution in [1.82, 2.24) is 4.90 Å². The molecule has 4 nitrogen and oxygen atoms in total. The molecule has 70 valence electrons. The number of hydrogen-bond acceptors (Lipinski definition) is 3. The fraction of sp³-hybridized carbons (Fsp3) is 0.875. The largest absolute Gasteiger partial charge is 0.445 e. The Hall–Kier alpha value is -0.770. The number of likely N-dealkylation sites (tertiary alicyclic amines) is 1. The number of hydrogen-bond donors (Lipinski definition) is 1. The molecule has 1 unspecified atom stereocenters. The Morgan fingerprint density at radius 1 is 1.75 bits per heavy atom. The van der Waals surface area contributed by atoms with Gasteiger partial charge in [0.25, 0.3) is 0 Å². The molecule has 0 radical (unpaired) electrons. The van der Waals surface area contributed by atoms with Crippen molar-refractivity contribution in [3.63, 3.8) is 0 Å². The van der Waals surface area contributed by atoms with Crippen LogP contribution < -0.4 is 5.73 Å². The topological polar surface area (TPSA) is 55.6 Å². The smallest absolute Gasteiger partial charge is 0.404 e. The number of nitrogens with zero attached hydrogens (tertiary/aromatic N) is 1. The second-order valence-corrected chi connectivity index (χ2v) is 3.15. The molecule has 0 aliphatic carbocycles. The van der Waals surface area contributed by atoms with Gasteiger partial charge in [-0.15, -0.1) is 0 Å². The molecular formula is C8H16N2O2. The Kier molecular flexibility index (Phi) is 3.34. The lowest BCUT2D eigenvalue weighted by Crippen LogP contribution is -2.27. The van der Waals surface area contributed by atoms with Crippen LogP contribution in [0.2, 0.25) is 0 Å². The molecule has 1 atom stereocenters. The summed E-state index contributed by atoms with van der Waals surface area (Å²) in [5.74, 6) is 0. The Bertz CT molecular complexity index is 161. The molecule has 1 rings (SSSR count). The summed E-state index contributed by atoms with van der Waals surface area (Å²) in [4.78, 5) is 12.7. The number of carbonyl (C=O) groups excluding carboxylic acids is 1. The Morgan fingerprint density at radius 2 is 2.50 bits per heavy atom. The van der Waals surface area contributed by atoms with E-state index < -0.39 is 6.09 Å². The first-order valence-electron chi connectivity index (χ1n) is 4.40. The minimum Gasteiger partial charge on any atom is -0.445 e. The molecule has 1 aliphatic heterocycles. The van der Waals surface area contributed by atoms with E-state index in [9.17, 15) is 4.79 Å². The Morgan fingerprint density at radius 3 is 3.08 bits per heavy atom. The van der Waals surface area contributed by atoms with Gasteiger partial charge in [-0.2, -0.15) is 0 Å². The van der Waals surface area contributed by atoms with Crippen LogP contribution >= 0.6 is 0 Å². The zero-order valence-electron chi connectivity index (χ0n) is 7.45. The normalized spacial score (nSPS) is 24.2. The number of ether oxygens (including phenoxy) is 1. The van der Waals surface area contributed by atoms with Gasteiger partial charge in [0.1, 0.15) is 6.10 Å². The van der Waals surface area contributed by atoms with E-state index in [1.54, 1.807) is 0 Å². The van der Waals surface area contributed by atoms with Gasteiger partial charge in [-0.3, -0.25) is 4.90 Å². The van der Waals surface area contributed by atoms with Crippen LogP contribution in [0.4, 0.5) is 4.79 Å². The molecular weight excluding hydrogens is 156 g/mol. The molecule has 0 aromatic heterocycles. The van der Waals surface area contributed by atoms with E-state index in [-0.39, 0.29) is 6.10 Å². The zero-order valence-corrected chi connectivity index (χ0v) is 7.45. The quantitative estimate of drug-likeness (QED) is 0.677. The van der Waals surface area contributed by atoms with Crippen molar-refractivity contribution in [3.8, 4) is 0 Å². The minimum atomic E-state index is -0.654. The Balaban J connectivity index is 2.21. The predicted octanol–water partition coefficient (Wildman–Crippen LogP) is 0.566. The third-order valence-electron chi connectivity index (χ3n) is 2.05. The fourth-order valence-corrected chi connectivity index (χ4v) is 1.58. The fourth-order valence-electron chi connectivity index (χ4n) is 1.58. The van der Waals surface area contributed by atoms with E-state index in [0.717, 1.165) is 32.5 Å². The molecule has 1 heterocycles. The number of carbonyl (C=O) groups is 1. The van der Waals surface area contributed by atoms with Gasteiger partial charge in [-0.05, 0) is 19.4 Å². The van der Waals surface area contributed by atoms with E-state index in [2.05, 4.69) is 11.8 Å². The van der Waals surface area contributed by atoms with E-state index in [1.165, 1.54) is 0 Å². The zero-order chi connectivity index (χ0) is 8.97. The van der Waals surface area contributed by atoms with Crippen LogP contribution in [0.5, 0.6) is 0 Å². The third-order valence-corrected chi connectivity index (χ3v) is 2.05.